The van der Waals surface area contributed by atoms with Gasteiger partial charge < -0.3 is 20.1 Å². The monoisotopic (exact) mass is 445 g/mol. The number of anilines is 1. The van der Waals surface area contributed by atoms with Crippen LogP contribution in [0.1, 0.15) is 29.7 Å². The van der Waals surface area contributed by atoms with Crippen LogP contribution in [-0.2, 0) is 9.59 Å². The highest BCUT2D eigenvalue weighted by molar-refractivity contribution is 6.51. The Morgan fingerprint density at radius 1 is 1.00 bits per heavy atom. The molecule has 7 heteroatoms. The van der Waals surface area contributed by atoms with Gasteiger partial charge in [0.15, 0.2) is 0 Å². The van der Waals surface area contributed by atoms with Crippen LogP contribution in [0.3, 0.4) is 0 Å². The zero-order chi connectivity index (χ0) is 23.7. The number of nitrogens with zero attached hydrogens (tertiary/aromatic N) is 1. The molecule has 0 aliphatic carbocycles. The Kier molecular flexibility index (Phi) is 5.79. The first-order valence-corrected chi connectivity index (χ1v) is 10.4. The summed E-state index contributed by atoms with van der Waals surface area (Å²) in [5, 5.41) is 31.3. The molecular weight excluding hydrogens is 422 g/mol. The van der Waals surface area contributed by atoms with Gasteiger partial charge in [-0.05, 0) is 67.4 Å². The zero-order valence-electron chi connectivity index (χ0n) is 18.1. The average molecular weight is 445 g/mol. The molecule has 1 unspecified atom stereocenters. The van der Waals surface area contributed by atoms with E-state index in [-0.39, 0.29) is 28.5 Å². The van der Waals surface area contributed by atoms with Crippen LogP contribution < -0.4 is 9.64 Å². The minimum Gasteiger partial charge on any atom is -0.508 e. The first-order chi connectivity index (χ1) is 15.8. The number of hydrogen-bond donors (Lipinski definition) is 3. The Balaban J connectivity index is 1.93. The normalized spacial score (nSPS) is 17.4. The number of para-hydroxylation sites is 2. The van der Waals surface area contributed by atoms with Crippen molar-refractivity contribution in [3.05, 3.63) is 89.0 Å². The predicted octanol–water partition coefficient (Wildman–Crippen LogP) is 4.43. The molecule has 1 amide bonds. The van der Waals surface area contributed by atoms with Crippen LogP contribution in [0, 0.1) is 6.92 Å². The molecule has 33 heavy (non-hydrogen) atoms. The number of phenols is 2. The van der Waals surface area contributed by atoms with E-state index in [9.17, 15) is 24.9 Å². The number of carbonyl (C=O) groups excluding carboxylic acids is 2. The summed E-state index contributed by atoms with van der Waals surface area (Å²) < 4.78 is 5.55. The number of hydrogen-bond acceptors (Lipinski definition) is 6. The minimum atomic E-state index is -1.01. The molecule has 0 spiro atoms. The lowest BCUT2D eigenvalue weighted by atomic mass is 9.94. The van der Waals surface area contributed by atoms with Crippen molar-refractivity contribution in [1.82, 2.24) is 0 Å². The van der Waals surface area contributed by atoms with Crippen molar-refractivity contribution >= 4 is 23.1 Å². The third-order valence-corrected chi connectivity index (χ3v) is 5.54. The Bertz CT molecular complexity index is 1260. The second-order valence-corrected chi connectivity index (χ2v) is 7.66. The molecule has 3 N–H and O–H groups in total. The lowest BCUT2D eigenvalue weighted by Crippen LogP contribution is -2.29. The molecule has 1 fully saturated rings. The summed E-state index contributed by atoms with van der Waals surface area (Å²) in [6.07, 6.45) is 0. The number of phenolic OH excluding ortho intramolecular Hbond substituents is 2. The summed E-state index contributed by atoms with van der Waals surface area (Å²) in [7, 11) is 0. The van der Waals surface area contributed by atoms with Crippen molar-refractivity contribution in [1.29, 1.82) is 0 Å². The standard InChI is InChI=1S/C26H23NO6/c1-3-33-21-13-10-17(14-15(21)2)24(30)22-23(16-8-11-18(28)12-9-16)27(26(32)25(22)31)19-6-4-5-7-20(19)29/h4-14,23,28-30H,3H2,1-2H3/b24-22-. The minimum absolute atomic E-state index is 0.0143. The van der Waals surface area contributed by atoms with Gasteiger partial charge in [0, 0.05) is 5.56 Å². The first kappa shape index (κ1) is 22.0. The Morgan fingerprint density at radius 2 is 1.70 bits per heavy atom. The van der Waals surface area contributed by atoms with Crippen molar-refractivity contribution in [2.24, 2.45) is 0 Å². The van der Waals surface area contributed by atoms with E-state index in [1.54, 1.807) is 42.5 Å². The average Bonchev–Trinajstić information content (AvgIpc) is 3.06. The molecule has 1 saturated heterocycles. The number of rotatable bonds is 5. The van der Waals surface area contributed by atoms with Gasteiger partial charge in [-0.3, -0.25) is 14.5 Å². The van der Waals surface area contributed by atoms with Crippen LogP contribution in [0.5, 0.6) is 17.2 Å². The van der Waals surface area contributed by atoms with Gasteiger partial charge in [-0.25, -0.2) is 0 Å². The Hall–Kier alpha value is -4.26. The molecule has 7 nitrogen and oxygen atoms in total. The van der Waals surface area contributed by atoms with Gasteiger partial charge in [0.2, 0.25) is 0 Å². The highest BCUT2D eigenvalue weighted by Crippen LogP contribution is 2.45. The molecular formula is C26H23NO6. The predicted molar refractivity (Wildman–Crippen MR) is 123 cm³/mol. The smallest absolute Gasteiger partial charge is 0.300 e. The first-order valence-electron chi connectivity index (χ1n) is 10.4. The molecule has 0 bridgehead atoms. The number of aliphatic hydroxyl groups excluding tert-OH is 1. The van der Waals surface area contributed by atoms with Gasteiger partial charge in [-0.2, -0.15) is 0 Å². The van der Waals surface area contributed by atoms with Crippen LogP contribution in [0.4, 0.5) is 5.69 Å². The number of ether oxygens (including phenoxy) is 1. The molecule has 0 radical (unpaired) electrons. The number of amides is 1. The van der Waals surface area contributed by atoms with Crippen molar-refractivity contribution in [3.8, 4) is 17.2 Å². The number of carbonyl (C=O) groups is 2. The summed E-state index contributed by atoms with van der Waals surface area (Å²) in [4.78, 5) is 27.4. The summed E-state index contributed by atoms with van der Waals surface area (Å²) in [5.74, 6) is -1.60. The fourth-order valence-electron chi connectivity index (χ4n) is 3.99. The van der Waals surface area contributed by atoms with Crippen molar-refractivity contribution in [3.63, 3.8) is 0 Å². The topological polar surface area (TPSA) is 107 Å². The van der Waals surface area contributed by atoms with Gasteiger partial charge in [0.05, 0.1) is 23.9 Å². The van der Waals surface area contributed by atoms with E-state index < -0.39 is 17.7 Å². The number of aromatic hydroxyl groups is 2. The summed E-state index contributed by atoms with van der Waals surface area (Å²) in [6.45, 7) is 4.17. The highest BCUT2D eigenvalue weighted by Gasteiger charge is 2.47. The fraction of sp³-hybridized carbons (Fsp3) is 0.154. The maximum atomic E-state index is 13.2. The summed E-state index contributed by atoms with van der Waals surface area (Å²) >= 11 is 0. The molecule has 3 aromatic carbocycles. The molecule has 1 aliphatic rings. The maximum absolute atomic E-state index is 13.2. The lowest BCUT2D eigenvalue weighted by molar-refractivity contribution is -0.132. The fourth-order valence-corrected chi connectivity index (χ4v) is 3.99. The van der Waals surface area contributed by atoms with E-state index in [4.69, 9.17) is 4.74 Å². The highest BCUT2D eigenvalue weighted by atomic mass is 16.5. The largest absolute Gasteiger partial charge is 0.508 e. The van der Waals surface area contributed by atoms with E-state index in [1.165, 1.54) is 24.3 Å². The van der Waals surface area contributed by atoms with E-state index in [1.807, 2.05) is 13.8 Å². The molecule has 3 aromatic rings. The summed E-state index contributed by atoms with van der Waals surface area (Å²) in [5.41, 5.74) is 1.63. The second-order valence-electron chi connectivity index (χ2n) is 7.66. The molecule has 1 atom stereocenters. The van der Waals surface area contributed by atoms with Crippen molar-refractivity contribution in [2.75, 3.05) is 11.5 Å². The SMILES string of the molecule is CCOc1ccc(/C(O)=C2/C(=O)C(=O)N(c3ccccc3O)C2c2ccc(O)cc2)cc1C. The molecule has 168 valence electrons. The second kappa shape index (κ2) is 8.70. The molecule has 4 rings (SSSR count). The lowest BCUT2D eigenvalue weighted by Gasteiger charge is -2.26. The summed E-state index contributed by atoms with van der Waals surface area (Å²) in [6, 6.07) is 16.2. The van der Waals surface area contributed by atoms with Gasteiger partial charge in [-0.15, -0.1) is 0 Å². The molecule has 0 saturated carbocycles. The third-order valence-electron chi connectivity index (χ3n) is 5.54. The molecule has 1 aliphatic heterocycles. The zero-order valence-corrected chi connectivity index (χ0v) is 18.1. The molecule has 0 aromatic heterocycles. The van der Waals surface area contributed by atoms with Crippen LogP contribution in [0.2, 0.25) is 0 Å². The van der Waals surface area contributed by atoms with E-state index >= 15 is 0 Å². The number of Topliss-reactive ketones (excluding diaryl/α,β-unsaturated/α-hetero) is 1. The number of ketones is 1. The van der Waals surface area contributed by atoms with E-state index in [0.717, 1.165) is 10.5 Å². The van der Waals surface area contributed by atoms with Crippen molar-refractivity contribution < 1.29 is 29.6 Å². The maximum Gasteiger partial charge on any atom is 0.300 e. The van der Waals surface area contributed by atoms with Crippen molar-refractivity contribution in [2.45, 2.75) is 19.9 Å². The van der Waals surface area contributed by atoms with E-state index in [0.29, 0.717) is 23.5 Å². The Labute approximate surface area is 190 Å². The van der Waals surface area contributed by atoms with Gasteiger partial charge in [-0.1, -0.05) is 24.3 Å². The van der Waals surface area contributed by atoms with Crippen LogP contribution in [0.25, 0.3) is 5.76 Å². The number of benzene rings is 3. The van der Waals surface area contributed by atoms with Gasteiger partial charge in [0.25, 0.3) is 11.7 Å². The Morgan fingerprint density at radius 3 is 2.33 bits per heavy atom. The molecule has 1 heterocycles. The van der Waals surface area contributed by atoms with Crippen LogP contribution in [-0.4, -0.2) is 33.6 Å². The third kappa shape index (κ3) is 3.89. The van der Waals surface area contributed by atoms with Crippen LogP contribution >= 0.6 is 0 Å². The van der Waals surface area contributed by atoms with Crippen LogP contribution in [0.15, 0.2) is 72.3 Å². The number of aliphatic hydroxyl groups is 1. The number of aryl methyl sites for hydroxylation is 1. The van der Waals surface area contributed by atoms with E-state index in [2.05, 4.69) is 0 Å². The quantitative estimate of drug-likeness (QED) is 0.305. The van der Waals surface area contributed by atoms with Gasteiger partial charge in [0.1, 0.15) is 23.0 Å². The van der Waals surface area contributed by atoms with Gasteiger partial charge >= 0.3 is 0 Å².